The lowest BCUT2D eigenvalue weighted by molar-refractivity contribution is 0.145. The fourth-order valence-electron chi connectivity index (χ4n) is 2.05. The number of benzene rings is 1. The van der Waals surface area contributed by atoms with E-state index in [1.165, 1.54) is 5.56 Å². The average molecular weight is 326 g/mol. The van der Waals surface area contributed by atoms with E-state index in [2.05, 4.69) is 41.6 Å². The predicted octanol–water partition coefficient (Wildman–Crippen LogP) is 3.21. The van der Waals surface area contributed by atoms with Gasteiger partial charge in [0.05, 0.1) is 0 Å². The van der Waals surface area contributed by atoms with Crippen LogP contribution in [0.1, 0.15) is 32.8 Å². The summed E-state index contributed by atoms with van der Waals surface area (Å²) < 4.78 is 5.32. The molecule has 5 heteroatoms. The molecule has 0 radical (unpaired) electrons. The molecule has 1 aromatic rings. The third kappa shape index (κ3) is 6.67. The molecule has 0 heterocycles. The Balaban J connectivity index is 2.42. The van der Waals surface area contributed by atoms with Crippen LogP contribution in [-0.2, 0) is 10.2 Å². The Morgan fingerprint density at radius 2 is 1.91 bits per heavy atom. The van der Waals surface area contributed by atoms with Crippen LogP contribution in [-0.4, -0.2) is 39.3 Å². The molecule has 4 nitrogen and oxygen atoms in total. The van der Waals surface area contributed by atoms with Gasteiger partial charge in [-0.25, -0.2) is 0 Å². The molecule has 124 valence electrons. The number of nitrogens with one attached hydrogen (secondary N) is 2. The van der Waals surface area contributed by atoms with Crippen molar-refractivity contribution in [1.82, 2.24) is 10.6 Å². The average Bonchev–Trinajstić information content (AvgIpc) is 2.50. The van der Waals surface area contributed by atoms with Crippen LogP contribution in [0.2, 0.25) is 5.02 Å². The first kappa shape index (κ1) is 18.8. The molecule has 1 rings (SSSR count). The van der Waals surface area contributed by atoms with Crippen molar-refractivity contribution in [3.05, 3.63) is 34.9 Å². The molecule has 1 aromatic carbocycles. The minimum atomic E-state index is -0.00642. The van der Waals surface area contributed by atoms with Crippen molar-refractivity contribution < 1.29 is 4.74 Å². The summed E-state index contributed by atoms with van der Waals surface area (Å²) in [5, 5.41) is 7.44. The molecule has 0 bridgehead atoms. The Hall–Kier alpha value is -1.26. The molecule has 0 atom stereocenters. The smallest absolute Gasteiger partial charge is 0.191 e. The molecule has 0 spiro atoms. The molecule has 2 N–H and O–H groups in total. The number of guanidine groups is 1. The second-order valence-electron chi connectivity index (χ2n) is 5.79. The van der Waals surface area contributed by atoms with E-state index in [1.54, 1.807) is 7.05 Å². The van der Waals surface area contributed by atoms with Crippen LogP contribution in [0.5, 0.6) is 0 Å². The van der Waals surface area contributed by atoms with Gasteiger partial charge in [-0.05, 0) is 31.0 Å². The van der Waals surface area contributed by atoms with Crippen molar-refractivity contribution in [1.29, 1.82) is 0 Å². The van der Waals surface area contributed by atoms with Crippen LogP contribution in [0.3, 0.4) is 0 Å². The molecule has 0 aliphatic heterocycles. The van der Waals surface area contributed by atoms with Crippen LogP contribution < -0.4 is 10.6 Å². The molecule has 0 amide bonds. The number of aliphatic imine (C=N–C) groups is 1. The Bertz CT molecular complexity index is 457. The van der Waals surface area contributed by atoms with E-state index in [4.69, 9.17) is 16.3 Å². The maximum Gasteiger partial charge on any atom is 0.191 e. The van der Waals surface area contributed by atoms with E-state index in [-0.39, 0.29) is 5.41 Å². The van der Waals surface area contributed by atoms with E-state index in [0.29, 0.717) is 0 Å². The zero-order valence-corrected chi connectivity index (χ0v) is 14.8. The molecular weight excluding hydrogens is 298 g/mol. The summed E-state index contributed by atoms with van der Waals surface area (Å²) in [7, 11) is 1.78. The number of nitrogens with zero attached hydrogens (tertiary/aromatic N) is 1. The molecule has 0 aliphatic rings. The van der Waals surface area contributed by atoms with E-state index < -0.39 is 0 Å². The lowest BCUT2D eigenvalue weighted by atomic mass is 9.85. The molecule has 0 aliphatic carbocycles. The first-order chi connectivity index (χ1) is 10.5. The van der Waals surface area contributed by atoms with E-state index in [1.807, 2.05) is 19.1 Å². The van der Waals surface area contributed by atoms with Gasteiger partial charge in [0.1, 0.15) is 0 Å². The molecule has 0 fully saturated rings. The highest BCUT2D eigenvalue weighted by molar-refractivity contribution is 6.30. The first-order valence-corrected chi connectivity index (χ1v) is 8.15. The Morgan fingerprint density at radius 3 is 2.50 bits per heavy atom. The summed E-state index contributed by atoms with van der Waals surface area (Å²) in [6.07, 6.45) is 0.967. The zero-order valence-electron chi connectivity index (χ0n) is 14.1. The number of halogens is 1. The molecular formula is C17H28ClN3O. The highest BCUT2D eigenvalue weighted by Gasteiger charge is 2.20. The standard InChI is InChI=1S/C17H28ClN3O/c1-5-22-12-6-11-20-16(19-4)21-13-17(2,3)14-7-9-15(18)10-8-14/h7-10H,5-6,11-13H2,1-4H3,(H2,19,20,21). The monoisotopic (exact) mass is 325 g/mol. The van der Waals surface area contributed by atoms with Crippen LogP contribution in [0.15, 0.2) is 29.3 Å². The van der Waals surface area contributed by atoms with Gasteiger partial charge >= 0.3 is 0 Å². The molecule has 22 heavy (non-hydrogen) atoms. The number of ether oxygens (including phenoxy) is 1. The Labute approximate surface area is 139 Å². The second-order valence-corrected chi connectivity index (χ2v) is 6.23. The predicted molar refractivity (Wildman–Crippen MR) is 95.0 cm³/mol. The van der Waals surface area contributed by atoms with Crippen molar-refractivity contribution in [2.24, 2.45) is 4.99 Å². The van der Waals surface area contributed by atoms with Crippen molar-refractivity contribution in [3.8, 4) is 0 Å². The van der Waals surface area contributed by atoms with Gasteiger partial charge in [-0.3, -0.25) is 4.99 Å². The van der Waals surface area contributed by atoms with Crippen LogP contribution in [0, 0.1) is 0 Å². The minimum absolute atomic E-state index is 0.00642. The summed E-state index contributed by atoms with van der Waals surface area (Å²) in [5.74, 6) is 0.818. The van der Waals surface area contributed by atoms with Gasteiger partial charge in [0.25, 0.3) is 0 Å². The van der Waals surface area contributed by atoms with Gasteiger partial charge in [0, 0.05) is 43.8 Å². The quantitative estimate of drug-likeness (QED) is 0.438. The van der Waals surface area contributed by atoms with Gasteiger partial charge in [0.2, 0.25) is 0 Å². The van der Waals surface area contributed by atoms with E-state index >= 15 is 0 Å². The summed E-state index contributed by atoms with van der Waals surface area (Å²) in [4.78, 5) is 4.25. The Kier molecular flexibility index (Phi) is 8.28. The van der Waals surface area contributed by atoms with Crippen LogP contribution in [0.25, 0.3) is 0 Å². The van der Waals surface area contributed by atoms with Gasteiger partial charge < -0.3 is 15.4 Å². The maximum atomic E-state index is 5.95. The van der Waals surface area contributed by atoms with Crippen molar-refractivity contribution >= 4 is 17.6 Å². The molecule has 0 saturated heterocycles. The second kappa shape index (κ2) is 9.70. The topological polar surface area (TPSA) is 45.6 Å². The minimum Gasteiger partial charge on any atom is -0.382 e. The van der Waals surface area contributed by atoms with Gasteiger partial charge in [-0.15, -0.1) is 0 Å². The first-order valence-electron chi connectivity index (χ1n) is 7.78. The van der Waals surface area contributed by atoms with E-state index in [0.717, 1.165) is 43.7 Å². The van der Waals surface area contributed by atoms with Crippen molar-refractivity contribution in [2.45, 2.75) is 32.6 Å². The van der Waals surface area contributed by atoms with Gasteiger partial charge in [-0.2, -0.15) is 0 Å². The lowest BCUT2D eigenvalue weighted by Crippen LogP contribution is -2.43. The lowest BCUT2D eigenvalue weighted by Gasteiger charge is -2.27. The summed E-state index contributed by atoms with van der Waals surface area (Å²) in [6.45, 7) is 9.59. The number of hydrogen-bond acceptors (Lipinski definition) is 2. The third-order valence-electron chi connectivity index (χ3n) is 3.51. The summed E-state index contributed by atoms with van der Waals surface area (Å²) >= 11 is 5.95. The largest absolute Gasteiger partial charge is 0.382 e. The highest BCUT2D eigenvalue weighted by Crippen LogP contribution is 2.23. The SMILES string of the molecule is CCOCCCNC(=NC)NCC(C)(C)c1ccc(Cl)cc1. The van der Waals surface area contributed by atoms with Gasteiger partial charge in [-0.1, -0.05) is 37.6 Å². The third-order valence-corrected chi connectivity index (χ3v) is 3.76. The molecule has 0 unspecified atom stereocenters. The van der Waals surface area contributed by atoms with E-state index in [9.17, 15) is 0 Å². The van der Waals surface area contributed by atoms with Crippen LogP contribution >= 0.6 is 11.6 Å². The summed E-state index contributed by atoms with van der Waals surface area (Å²) in [6, 6.07) is 8.00. The van der Waals surface area contributed by atoms with Crippen LogP contribution in [0.4, 0.5) is 0 Å². The fourth-order valence-corrected chi connectivity index (χ4v) is 2.18. The van der Waals surface area contributed by atoms with Crippen molar-refractivity contribution in [3.63, 3.8) is 0 Å². The molecule has 0 saturated carbocycles. The Morgan fingerprint density at radius 1 is 1.23 bits per heavy atom. The summed E-state index contributed by atoms with van der Waals surface area (Å²) in [5.41, 5.74) is 1.24. The number of rotatable bonds is 8. The molecule has 0 aromatic heterocycles. The number of hydrogen-bond donors (Lipinski definition) is 2. The van der Waals surface area contributed by atoms with Gasteiger partial charge in [0.15, 0.2) is 5.96 Å². The maximum absolute atomic E-state index is 5.95. The van der Waals surface area contributed by atoms with Crippen molar-refractivity contribution in [2.75, 3.05) is 33.4 Å². The highest BCUT2D eigenvalue weighted by atomic mass is 35.5. The zero-order chi connectivity index (χ0) is 16.4. The normalized spacial score (nSPS) is 12.3. The fraction of sp³-hybridized carbons (Fsp3) is 0.588.